The molecule has 170 valence electrons. The molecule has 0 fully saturated rings. The Hall–Kier alpha value is -3.24. The zero-order valence-electron chi connectivity index (χ0n) is 18.7. The van der Waals surface area contributed by atoms with Crippen LogP contribution in [0.25, 0.3) is 11.1 Å². The number of carbonyl (C=O) groups excluding carboxylic acids is 1. The van der Waals surface area contributed by atoms with Gasteiger partial charge in [-0.1, -0.05) is 108 Å². The van der Waals surface area contributed by atoms with E-state index in [2.05, 4.69) is 72.8 Å². The molecule has 0 aromatic heterocycles. The molecule has 0 unspecified atom stereocenters. The molecule has 0 N–H and O–H groups in total. The molecule has 0 atom stereocenters. The third kappa shape index (κ3) is 5.88. The van der Waals surface area contributed by atoms with E-state index in [-0.39, 0.29) is 5.78 Å². The lowest BCUT2D eigenvalue weighted by molar-refractivity contribution is 0.103. The van der Waals surface area contributed by atoms with Crippen molar-refractivity contribution in [2.45, 2.75) is 19.6 Å². The van der Waals surface area contributed by atoms with E-state index in [4.69, 9.17) is 11.6 Å². The highest BCUT2D eigenvalue weighted by Crippen LogP contribution is 2.36. The molecule has 0 aliphatic rings. The summed E-state index contributed by atoms with van der Waals surface area (Å²) in [6.07, 6.45) is 0. The minimum absolute atomic E-state index is 0.0263. The molecule has 0 saturated carbocycles. The van der Waals surface area contributed by atoms with Crippen LogP contribution in [0.15, 0.2) is 147 Å². The highest BCUT2D eigenvalue weighted by atomic mass is 35.5. The Labute approximate surface area is 219 Å². The smallest absolute Gasteiger partial charge is 0.193 e. The average molecular weight is 509 g/mol. The Morgan fingerprint density at radius 3 is 1.60 bits per heavy atom. The first kappa shape index (κ1) is 23.5. The summed E-state index contributed by atoms with van der Waals surface area (Å²) in [6, 6.07) is 42.3. The Kier molecular flexibility index (Phi) is 7.39. The summed E-state index contributed by atoms with van der Waals surface area (Å²) in [5, 5.41) is 0.576. The molecule has 0 spiro atoms. The Balaban J connectivity index is 1.26. The van der Waals surface area contributed by atoms with E-state index in [1.54, 1.807) is 29.6 Å². The summed E-state index contributed by atoms with van der Waals surface area (Å²) in [6.45, 7) is 0. The van der Waals surface area contributed by atoms with Crippen molar-refractivity contribution in [1.82, 2.24) is 0 Å². The van der Waals surface area contributed by atoms with Crippen molar-refractivity contribution in [3.8, 4) is 11.1 Å². The van der Waals surface area contributed by atoms with E-state index in [1.165, 1.54) is 20.9 Å². The number of hydrogen-bond donors (Lipinski definition) is 0. The second-order valence-corrected chi connectivity index (χ2v) is 10.6. The van der Waals surface area contributed by atoms with Gasteiger partial charge in [0.2, 0.25) is 0 Å². The van der Waals surface area contributed by atoms with E-state index < -0.39 is 0 Å². The molecule has 35 heavy (non-hydrogen) atoms. The van der Waals surface area contributed by atoms with Gasteiger partial charge >= 0.3 is 0 Å². The van der Waals surface area contributed by atoms with Crippen molar-refractivity contribution < 1.29 is 4.79 Å². The van der Waals surface area contributed by atoms with Crippen molar-refractivity contribution in [3.63, 3.8) is 0 Å². The van der Waals surface area contributed by atoms with Gasteiger partial charge in [0.05, 0.1) is 5.02 Å². The van der Waals surface area contributed by atoms with Gasteiger partial charge in [-0.3, -0.25) is 4.79 Å². The van der Waals surface area contributed by atoms with Gasteiger partial charge in [0, 0.05) is 30.7 Å². The summed E-state index contributed by atoms with van der Waals surface area (Å²) in [7, 11) is 0. The number of rotatable bonds is 7. The van der Waals surface area contributed by atoms with Crippen LogP contribution in [-0.2, 0) is 0 Å². The number of carbonyl (C=O) groups is 1. The zero-order valence-corrected chi connectivity index (χ0v) is 21.1. The monoisotopic (exact) mass is 508 g/mol. The van der Waals surface area contributed by atoms with Crippen molar-refractivity contribution >= 4 is 40.9 Å². The van der Waals surface area contributed by atoms with Crippen LogP contribution in [0, 0.1) is 0 Å². The molecule has 5 aromatic rings. The topological polar surface area (TPSA) is 17.1 Å². The Bertz CT molecular complexity index is 1430. The van der Waals surface area contributed by atoms with Gasteiger partial charge in [0.25, 0.3) is 0 Å². The molecule has 0 aliphatic carbocycles. The van der Waals surface area contributed by atoms with Crippen LogP contribution in [0.4, 0.5) is 0 Å². The third-order valence-electron chi connectivity index (χ3n) is 5.48. The summed E-state index contributed by atoms with van der Waals surface area (Å²) >= 11 is 9.89. The average Bonchev–Trinajstić information content (AvgIpc) is 2.91. The van der Waals surface area contributed by atoms with Crippen molar-refractivity contribution in [3.05, 3.63) is 144 Å². The molecule has 0 heterocycles. The van der Waals surface area contributed by atoms with Crippen molar-refractivity contribution in [1.29, 1.82) is 0 Å². The summed E-state index contributed by atoms with van der Waals surface area (Å²) in [4.78, 5) is 17.2. The lowest BCUT2D eigenvalue weighted by Gasteiger charge is -2.08. The fraction of sp³-hybridized carbons (Fsp3) is 0. The second kappa shape index (κ2) is 11.0. The summed E-state index contributed by atoms with van der Waals surface area (Å²) < 4.78 is 0. The Morgan fingerprint density at radius 1 is 0.514 bits per heavy atom. The van der Waals surface area contributed by atoms with E-state index in [9.17, 15) is 4.79 Å². The SMILES string of the molecule is O=C(c1ccccc1)c1ccc(Sc2ccc(-c3ccc(Sc4ccccc4)cc3)cc2)c(Cl)c1. The molecule has 1 nitrogen and oxygen atoms in total. The molecule has 4 heteroatoms. The van der Waals surface area contributed by atoms with E-state index in [0.29, 0.717) is 16.1 Å². The number of halogens is 1. The normalized spacial score (nSPS) is 10.8. The van der Waals surface area contributed by atoms with E-state index in [1.807, 2.05) is 48.5 Å². The van der Waals surface area contributed by atoms with Crippen LogP contribution < -0.4 is 0 Å². The molecule has 0 amide bonds. The van der Waals surface area contributed by atoms with Crippen molar-refractivity contribution in [2.75, 3.05) is 0 Å². The van der Waals surface area contributed by atoms with Gasteiger partial charge in [-0.15, -0.1) is 0 Å². The van der Waals surface area contributed by atoms with Crippen LogP contribution in [-0.4, -0.2) is 5.78 Å². The van der Waals surface area contributed by atoms with Crippen LogP contribution >= 0.6 is 35.1 Å². The first-order chi connectivity index (χ1) is 17.2. The second-order valence-electron chi connectivity index (χ2n) is 7.91. The minimum Gasteiger partial charge on any atom is -0.289 e. The number of ketones is 1. The lowest BCUT2D eigenvalue weighted by Crippen LogP contribution is -2.00. The van der Waals surface area contributed by atoms with Gasteiger partial charge in [-0.2, -0.15) is 0 Å². The van der Waals surface area contributed by atoms with Crippen molar-refractivity contribution in [2.24, 2.45) is 0 Å². The first-order valence-corrected chi connectivity index (χ1v) is 13.2. The highest BCUT2D eigenvalue weighted by Gasteiger charge is 2.12. The molecule has 5 rings (SSSR count). The molecule has 0 radical (unpaired) electrons. The van der Waals surface area contributed by atoms with Gasteiger partial charge in [-0.05, 0) is 65.7 Å². The fourth-order valence-electron chi connectivity index (χ4n) is 3.66. The molecule has 0 bridgehead atoms. The quantitative estimate of drug-likeness (QED) is 0.204. The maximum absolute atomic E-state index is 12.7. The predicted molar refractivity (Wildman–Crippen MR) is 148 cm³/mol. The number of hydrogen-bond acceptors (Lipinski definition) is 3. The van der Waals surface area contributed by atoms with Crippen LogP contribution in [0.3, 0.4) is 0 Å². The van der Waals surface area contributed by atoms with E-state index >= 15 is 0 Å². The molecule has 5 aromatic carbocycles. The fourth-order valence-corrected chi connectivity index (χ4v) is 5.62. The lowest BCUT2D eigenvalue weighted by atomic mass is 10.0. The molecular weight excluding hydrogens is 488 g/mol. The third-order valence-corrected chi connectivity index (χ3v) is 8.00. The maximum Gasteiger partial charge on any atom is 0.193 e. The predicted octanol–water partition coefficient (Wildman–Crippen LogP) is 9.54. The minimum atomic E-state index is -0.0263. The van der Waals surface area contributed by atoms with Gasteiger partial charge < -0.3 is 0 Å². The number of benzene rings is 5. The zero-order chi connectivity index (χ0) is 24.0. The van der Waals surface area contributed by atoms with Crippen LogP contribution in [0.5, 0.6) is 0 Å². The summed E-state index contributed by atoms with van der Waals surface area (Å²) in [5.74, 6) is -0.0263. The Morgan fingerprint density at radius 2 is 1.03 bits per heavy atom. The van der Waals surface area contributed by atoms with Crippen LogP contribution in [0.2, 0.25) is 5.02 Å². The van der Waals surface area contributed by atoms with E-state index in [0.717, 1.165) is 9.79 Å². The van der Waals surface area contributed by atoms with Gasteiger partial charge in [0.1, 0.15) is 0 Å². The highest BCUT2D eigenvalue weighted by molar-refractivity contribution is 7.99. The van der Waals surface area contributed by atoms with Gasteiger partial charge in [-0.25, -0.2) is 0 Å². The summed E-state index contributed by atoms with van der Waals surface area (Å²) in [5.41, 5.74) is 3.60. The van der Waals surface area contributed by atoms with Gasteiger partial charge in [0.15, 0.2) is 5.78 Å². The standard InChI is InChI=1S/C31H21ClOS2/c32-29-21-25(31(33)24-7-3-1-4-8-24)15-20-30(29)35-28-18-13-23(14-19-28)22-11-16-27(17-12-22)34-26-9-5-2-6-10-26/h1-21H. The molecular formula is C31H21ClOS2. The maximum atomic E-state index is 12.7. The van der Waals surface area contributed by atoms with Crippen LogP contribution in [0.1, 0.15) is 15.9 Å². The molecule has 0 aliphatic heterocycles. The first-order valence-electron chi connectivity index (χ1n) is 11.2. The molecule has 0 saturated heterocycles. The largest absolute Gasteiger partial charge is 0.289 e.